The Kier molecular flexibility index (Phi) is 8.18. The monoisotopic (exact) mass is 344 g/mol. The zero-order valence-electron chi connectivity index (χ0n) is 11.5. The first-order valence-electron chi connectivity index (χ1n) is 6.29. The Morgan fingerprint density at radius 2 is 1.24 bits per heavy atom. The highest BCUT2D eigenvalue weighted by Gasteiger charge is 2.18. The molecule has 0 saturated carbocycles. The van der Waals surface area contributed by atoms with Gasteiger partial charge in [-0.1, -0.05) is 13.3 Å². The van der Waals surface area contributed by atoms with E-state index in [0.29, 0.717) is 17.9 Å². The molecule has 0 aliphatic heterocycles. The van der Waals surface area contributed by atoms with Crippen LogP contribution in [0.3, 0.4) is 0 Å². The fraction of sp³-hybridized carbons (Fsp3) is 0.800. The minimum absolute atomic E-state index is 0.0213. The number of quaternary nitrogens is 1. The summed E-state index contributed by atoms with van der Waals surface area (Å²) in [5.74, 6) is 0. The largest absolute Gasteiger partial charge is 0.742 e. The van der Waals surface area contributed by atoms with Crippen molar-refractivity contribution in [2.75, 3.05) is 19.6 Å². The number of unbranched alkanes of at least 4 members (excludes halogenated alkanes) is 1. The van der Waals surface area contributed by atoms with Crippen LogP contribution < -0.4 is 4.90 Å². The highest BCUT2D eigenvalue weighted by atomic mass is 32.2. The Bertz CT molecular complexity index is 518. The Hall–Kier alpha value is -0.880. The summed E-state index contributed by atoms with van der Waals surface area (Å²) in [6.07, 6.45) is 0.476. The van der Waals surface area contributed by atoms with E-state index in [0.717, 1.165) is 6.42 Å². The number of hydrogen-bond acceptors (Lipinski definition) is 8. The molecule has 0 atom stereocenters. The summed E-state index contributed by atoms with van der Waals surface area (Å²) in [4.78, 5) is 22.6. The third kappa shape index (κ3) is 8.88. The third-order valence-corrected chi connectivity index (χ3v) is 4.33. The van der Waals surface area contributed by atoms with Gasteiger partial charge in [0.2, 0.25) is 10.2 Å². The topological polar surface area (TPSA) is 153 Å². The number of nitrogens with one attached hydrogen (secondary N) is 1. The fourth-order valence-corrected chi connectivity index (χ4v) is 2.31. The van der Waals surface area contributed by atoms with Gasteiger partial charge in [-0.15, -0.1) is 0 Å². The molecule has 0 unspecified atom stereocenters. The molecule has 0 aromatic rings. The lowest BCUT2D eigenvalue weighted by Gasteiger charge is -2.19. The van der Waals surface area contributed by atoms with Crippen molar-refractivity contribution < 1.29 is 40.4 Å². The predicted molar refractivity (Wildman–Crippen MR) is 69.1 cm³/mol. The third-order valence-electron chi connectivity index (χ3n) is 2.81. The summed E-state index contributed by atoms with van der Waals surface area (Å²) in [7, 11) is -9.98. The molecule has 21 heavy (non-hydrogen) atoms. The average Bonchev–Trinajstić information content (AvgIpc) is 2.34. The van der Waals surface area contributed by atoms with E-state index < -0.39 is 43.3 Å². The Balaban J connectivity index is 4.53. The van der Waals surface area contributed by atoms with Crippen LogP contribution in [0.4, 0.5) is 0 Å². The van der Waals surface area contributed by atoms with Crippen LogP contribution in [0.15, 0.2) is 0 Å². The van der Waals surface area contributed by atoms with Gasteiger partial charge in [-0.2, -0.15) is 0 Å². The van der Waals surface area contributed by atoms with Gasteiger partial charge in [0.15, 0.2) is 20.2 Å². The smallest absolute Gasteiger partial charge is 0.239 e. The molecule has 9 nitrogen and oxygen atoms in total. The van der Waals surface area contributed by atoms with E-state index in [1.165, 1.54) is 0 Å². The van der Waals surface area contributed by atoms with Crippen molar-refractivity contribution in [3.63, 3.8) is 0 Å². The van der Waals surface area contributed by atoms with Gasteiger partial charge >= 0.3 is 0 Å². The molecule has 0 amide bonds. The van der Waals surface area contributed by atoms with E-state index in [-0.39, 0.29) is 13.1 Å². The molecule has 0 radical (unpaired) electrons. The number of rotatable bonds is 9. The van der Waals surface area contributed by atoms with Crippen LogP contribution in [-0.2, 0) is 29.8 Å². The second-order valence-corrected chi connectivity index (χ2v) is 7.23. The van der Waals surface area contributed by atoms with Gasteiger partial charge in [-0.25, -0.2) is 16.8 Å². The molecule has 11 heteroatoms. The van der Waals surface area contributed by atoms with Gasteiger partial charge in [-0.3, -0.25) is 9.59 Å². The van der Waals surface area contributed by atoms with Crippen molar-refractivity contribution in [1.82, 2.24) is 0 Å². The van der Waals surface area contributed by atoms with Gasteiger partial charge in [0.1, 0.15) is 0 Å². The quantitative estimate of drug-likeness (QED) is 0.454. The van der Waals surface area contributed by atoms with Crippen LogP contribution in [-0.4, -0.2) is 55.8 Å². The van der Waals surface area contributed by atoms with Crippen LogP contribution >= 0.6 is 0 Å². The van der Waals surface area contributed by atoms with Crippen molar-refractivity contribution in [3.05, 3.63) is 0 Å². The Labute approximate surface area is 123 Å². The summed E-state index contributed by atoms with van der Waals surface area (Å²) in [5.41, 5.74) is 0. The van der Waals surface area contributed by atoms with E-state index in [4.69, 9.17) is 0 Å². The molecule has 1 N–H and O–H groups in total. The van der Waals surface area contributed by atoms with Gasteiger partial charge in [0.05, 0.1) is 32.5 Å². The van der Waals surface area contributed by atoms with Crippen molar-refractivity contribution in [3.8, 4) is 0 Å². The molecule has 0 aliphatic rings. The summed E-state index contributed by atoms with van der Waals surface area (Å²) in [6.45, 7) is 2.31. The van der Waals surface area contributed by atoms with Gasteiger partial charge in [0.25, 0.3) is 0 Å². The molecule has 0 spiro atoms. The molecule has 0 rings (SSSR count). The maximum absolute atomic E-state index is 11.0. The summed E-state index contributed by atoms with van der Waals surface area (Å²) >= 11 is 0. The minimum Gasteiger partial charge on any atom is -0.742 e. The van der Waals surface area contributed by atoms with Crippen LogP contribution in [0.1, 0.15) is 32.6 Å². The normalized spacial score (nSPS) is 12.6. The first kappa shape index (κ1) is 20.1. The lowest BCUT2D eigenvalue weighted by Crippen LogP contribution is -3.12. The maximum Gasteiger partial charge on any atom is 0.239 e. The summed E-state index contributed by atoms with van der Waals surface area (Å²) < 4.78 is 62.8. The molecular formula is C10H18NO8S2-. The van der Waals surface area contributed by atoms with Crippen molar-refractivity contribution in [2.45, 2.75) is 32.6 Å². The first-order chi connectivity index (χ1) is 9.48. The average molecular weight is 344 g/mol. The molecule has 0 heterocycles. The lowest BCUT2D eigenvalue weighted by atomic mass is 10.3. The number of carbonyl (C=O) groups is 2. The number of carbonyl (C=O) groups excluding carboxylic acids is 2. The standard InChI is InChI=1S/C10H19NO8S2/c1-2-3-6-11(7-4-9(12)20(14,15)16)8-5-10(13)21(17,18)19/h2-8H2,1H3,(H,14,15,16)(H,17,18,19)/p-1. The van der Waals surface area contributed by atoms with Gasteiger partial charge < -0.3 is 14.0 Å². The molecule has 124 valence electrons. The maximum atomic E-state index is 11.0. The summed E-state index contributed by atoms with van der Waals surface area (Å²) in [6, 6.07) is 0. The number of hydrogen-bond donors (Lipinski definition) is 1. The molecular weight excluding hydrogens is 326 g/mol. The van der Waals surface area contributed by atoms with Crippen molar-refractivity contribution in [1.29, 1.82) is 0 Å². The molecule has 0 aliphatic carbocycles. The van der Waals surface area contributed by atoms with Crippen LogP contribution in [0, 0.1) is 0 Å². The first-order valence-corrected chi connectivity index (χ1v) is 9.11. The van der Waals surface area contributed by atoms with Gasteiger partial charge in [0, 0.05) is 0 Å². The second-order valence-electron chi connectivity index (χ2n) is 4.51. The lowest BCUT2D eigenvalue weighted by molar-refractivity contribution is -0.899. The van der Waals surface area contributed by atoms with E-state index in [1.807, 2.05) is 6.92 Å². The van der Waals surface area contributed by atoms with Crippen molar-refractivity contribution >= 4 is 30.5 Å². The molecule has 0 fully saturated rings. The van der Waals surface area contributed by atoms with Gasteiger partial charge in [-0.05, 0) is 6.42 Å². The van der Waals surface area contributed by atoms with Crippen molar-refractivity contribution in [2.24, 2.45) is 0 Å². The van der Waals surface area contributed by atoms with E-state index in [2.05, 4.69) is 0 Å². The van der Waals surface area contributed by atoms with E-state index >= 15 is 0 Å². The van der Waals surface area contributed by atoms with Crippen LogP contribution in [0.25, 0.3) is 0 Å². The predicted octanol–water partition coefficient (Wildman–Crippen LogP) is -2.40. The zero-order chi connectivity index (χ0) is 16.7. The minimum atomic E-state index is -4.99. The fourth-order valence-electron chi connectivity index (χ4n) is 1.61. The highest BCUT2D eigenvalue weighted by molar-refractivity contribution is 8.01. The Morgan fingerprint density at radius 3 is 1.52 bits per heavy atom. The highest BCUT2D eigenvalue weighted by Crippen LogP contribution is 1.92. The molecule has 0 aromatic heterocycles. The second kappa shape index (κ2) is 8.54. The molecule has 0 bridgehead atoms. The zero-order valence-corrected chi connectivity index (χ0v) is 13.2. The van der Waals surface area contributed by atoms with E-state index in [9.17, 15) is 35.5 Å². The van der Waals surface area contributed by atoms with Crippen LogP contribution in [0.5, 0.6) is 0 Å². The van der Waals surface area contributed by atoms with E-state index in [1.54, 1.807) is 0 Å². The SMILES string of the molecule is CCCC[NH+](CCC(=O)S(=O)(=O)[O-])CCC(=O)S(=O)(=O)[O-]. The Morgan fingerprint density at radius 1 is 0.857 bits per heavy atom. The molecule has 0 saturated heterocycles. The summed E-state index contributed by atoms with van der Waals surface area (Å²) in [5, 5.41) is -2.89. The molecule has 0 aromatic carbocycles. The van der Waals surface area contributed by atoms with Crippen LogP contribution in [0.2, 0.25) is 0 Å².